The van der Waals surface area contributed by atoms with Crippen molar-refractivity contribution in [3.05, 3.63) is 96.1 Å². The first-order valence-electron chi connectivity index (χ1n) is 10.6. The summed E-state index contributed by atoms with van der Waals surface area (Å²) in [5, 5.41) is 0.572. The summed E-state index contributed by atoms with van der Waals surface area (Å²) in [7, 11) is 3.85. The Bertz CT molecular complexity index is 1110. The van der Waals surface area contributed by atoms with Crippen LogP contribution >= 0.6 is 11.8 Å². The van der Waals surface area contributed by atoms with Crippen molar-refractivity contribution in [3.8, 4) is 0 Å². The van der Waals surface area contributed by atoms with E-state index in [1.54, 1.807) is 4.90 Å². The van der Waals surface area contributed by atoms with E-state index in [1.807, 2.05) is 74.8 Å². The number of hydrogen-bond acceptors (Lipinski definition) is 5. The maximum absolute atomic E-state index is 13.5. The fraction of sp³-hybridized carbons (Fsp3) is 0.231. The van der Waals surface area contributed by atoms with E-state index in [2.05, 4.69) is 34.1 Å². The molecular weight excluding hydrogens is 418 g/mol. The predicted octanol–water partition coefficient (Wildman–Crippen LogP) is 5.08. The lowest BCUT2D eigenvalue weighted by Crippen LogP contribution is -2.46. The van der Waals surface area contributed by atoms with Crippen molar-refractivity contribution in [2.45, 2.75) is 24.2 Å². The van der Waals surface area contributed by atoms with Crippen LogP contribution < -0.4 is 0 Å². The molecule has 164 valence electrons. The Kier molecular flexibility index (Phi) is 7.24. The summed E-state index contributed by atoms with van der Waals surface area (Å²) in [6, 6.07) is 27.8. The van der Waals surface area contributed by atoms with Crippen molar-refractivity contribution in [2.24, 2.45) is 0 Å². The largest absolute Gasteiger partial charge is 0.431 e. The number of nitrogens with zero attached hydrogens (tertiary/aromatic N) is 3. The van der Waals surface area contributed by atoms with Gasteiger partial charge in [-0.05, 0) is 48.5 Å². The molecule has 0 spiro atoms. The molecule has 1 aromatic heterocycles. The number of amides is 1. The molecule has 0 fully saturated rings. The van der Waals surface area contributed by atoms with Gasteiger partial charge in [0, 0.05) is 13.6 Å². The number of oxazole rings is 1. The maximum Gasteiger partial charge on any atom is 0.258 e. The normalized spacial score (nSPS) is 12.2. The van der Waals surface area contributed by atoms with E-state index >= 15 is 0 Å². The number of likely N-dealkylation sites (N-methyl/N-ethyl adjacent to an activating group) is 2. The molecule has 5 nitrogen and oxygen atoms in total. The number of hydrogen-bond donors (Lipinski definition) is 0. The van der Waals surface area contributed by atoms with Gasteiger partial charge in [0.15, 0.2) is 5.58 Å². The molecule has 0 radical (unpaired) electrons. The average molecular weight is 446 g/mol. The highest BCUT2D eigenvalue weighted by Crippen LogP contribution is 2.24. The first kappa shape index (κ1) is 22.1. The molecule has 1 unspecified atom stereocenters. The van der Waals surface area contributed by atoms with E-state index in [1.165, 1.54) is 17.3 Å². The summed E-state index contributed by atoms with van der Waals surface area (Å²) in [4.78, 5) is 21.9. The first-order valence-corrected chi connectivity index (χ1v) is 11.6. The molecule has 0 aliphatic carbocycles. The first-order chi connectivity index (χ1) is 15.6. The lowest BCUT2D eigenvalue weighted by Gasteiger charge is -2.30. The number of carbonyl (C=O) groups is 1. The van der Waals surface area contributed by atoms with Gasteiger partial charge in [-0.15, -0.1) is 0 Å². The Morgan fingerprint density at radius 1 is 0.906 bits per heavy atom. The van der Waals surface area contributed by atoms with Crippen LogP contribution in [0.5, 0.6) is 0 Å². The van der Waals surface area contributed by atoms with Crippen LogP contribution in [0.1, 0.15) is 11.1 Å². The molecule has 0 aliphatic heterocycles. The molecular formula is C26H27N3O2S. The Morgan fingerprint density at radius 2 is 1.53 bits per heavy atom. The van der Waals surface area contributed by atoms with E-state index < -0.39 is 0 Å². The highest BCUT2D eigenvalue weighted by molar-refractivity contribution is 7.99. The molecule has 6 heteroatoms. The summed E-state index contributed by atoms with van der Waals surface area (Å²) in [5.41, 5.74) is 3.91. The van der Waals surface area contributed by atoms with E-state index in [0.717, 1.165) is 16.7 Å². The van der Waals surface area contributed by atoms with Crippen molar-refractivity contribution in [1.29, 1.82) is 0 Å². The Morgan fingerprint density at radius 3 is 2.22 bits per heavy atom. The van der Waals surface area contributed by atoms with Crippen LogP contribution in [-0.2, 0) is 17.8 Å². The number of thioether (sulfide) groups is 1. The van der Waals surface area contributed by atoms with Crippen LogP contribution in [0.4, 0.5) is 0 Å². The standard InChI is InChI=1S/C26H27N3O2S/c1-28(18-21-13-7-4-8-14-21)23(17-20-11-5-3-6-12-20)25(30)29(2)19-32-26-27-22-15-9-10-16-24(22)31-26/h3-16,23H,17-19H2,1-2H3. The van der Waals surface area contributed by atoms with E-state index in [-0.39, 0.29) is 11.9 Å². The van der Waals surface area contributed by atoms with Gasteiger partial charge in [0.05, 0.1) is 11.9 Å². The Labute approximate surface area is 193 Å². The minimum Gasteiger partial charge on any atom is -0.431 e. The van der Waals surface area contributed by atoms with Crippen molar-refractivity contribution in [1.82, 2.24) is 14.8 Å². The van der Waals surface area contributed by atoms with Gasteiger partial charge in [-0.1, -0.05) is 72.8 Å². The van der Waals surface area contributed by atoms with Gasteiger partial charge in [-0.2, -0.15) is 0 Å². The molecule has 0 aliphatic rings. The van der Waals surface area contributed by atoms with Gasteiger partial charge < -0.3 is 9.32 Å². The molecule has 4 aromatic rings. The summed E-state index contributed by atoms with van der Waals surface area (Å²) < 4.78 is 5.78. The second-order valence-corrected chi connectivity index (χ2v) is 8.76. The van der Waals surface area contributed by atoms with Crippen molar-refractivity contribution in [2.75, 3.05) is 20.0 Å². The van der Waals surface area contributed by atoms with Crippen LogP contribution in [0.3, 0.4) is 0 Å². The van der Waals surface area contributed by atoms with Gasteiger partial charge in [0.1, 0.15) is 5.52 Å². The van der Waals surface area contributed by atoms with Crippen molar-refractivity contribution < 1.29 is 9.21 Å². The Balaban J connectivity index is 1.46. The SMILES string of the molecule is CN(CSc1nc2ccccc2o1)C(=O)C(Cc1ccccc1)N(C)Cc1ccccc1. The van der Waals surface area contributed by atoms with Gasteiger partial charge in [-0.25, -0.2) is 4.98 Å². The fourth-order valence-electron chi connectivity index (χ4n) is 3.63. The van der Waals surface area contributed by atoms with Gasteiger partial charge in [-0.3, -0.25) is 9.69 Å². The predicted molar refractivity (Wildman–Crippen MR) is 129 cm³/mol. The summed E-state index contributed by atoms with van der Waals surface area (Å²) in [6.45, 7) is 0.705. The third-order valence-electron chi connectivity index (χ3n) is 5.40. The smallest absolute Gasteiger partial charge is 0.258 e. The van der Waals surface area contributed by atoms with E-state index in [9.17, 15) is 4.79 Å². The lowest BCUT2D eigenvalue weighted by atomic mass is 10.0. The summed E-state index contributed by atoms with van der Waals surface area (Å²) in [6.07, 6.45) is 0.654. The molecule has 1 heterocycles. The third-order valence-corrected chi connectivity index (χ3v) is 6.33. The zero-order chi connectivity index (χ0) is 22.3. The number of para-hydroxylation sites is 2. The van der Waals surface area contributed by atoms with Crippen LogP contribution in [0.2, 0.25) is 0 Å². The molecule has 4 rings (SSSR count). The number of rotatable bonds is 9. The topological polar surface area (TPSA) is 49.6 Å². The van der Waals surface area contributed by atoms with E-state index in [0.29, 0.717) is 24.1 Å². The Hall–Kier alpha value is -3.09. The molecule has 0 N–H and O–H groups in total. The average Bonchev–Trinajstić information content (AvgIpc) is 3.25. The highest BCUT2D eigenvalue weighted by Gasteiger charge is 2.27. The van der Waals surface area contributed by atoms with Crippen LogP contribution in [0.25, 0.3) is 11.1 Å². The fourth-order valence-corrected chi connectivity index (χ4v) is 4.38. The van der Waals surface area contributed by atoms with Crippen LogP contribution in [0, 0.1) is 0 Å². The number of fused-ring (bicyclic) bond motifs is 1. The molecule has 32 heavy (non-hydrogen) atoms. The molecule has 1 atom stereocenters. The maximum atomic E-state index is 13.5. The molecule has 1 amide bonds. The molecule has 0 bridgehead atoms. The van der Waals surface area contributed by atoms with Crippen molar-refractivity contribution >= 4 is 28.8 Å². The van der Waals surface area contributed by atoms with Crippen molar-refractivity contribution in [3.63, 3.8) is 0 Å². The minimum atomic E-state index is -0.271. The minimum absolute atomic E-state index is 0.0795. The zero-order valence-electron chi connectivity index (χ0n) is 18.3. The quantitative estimate of drug-likeness (QED) is 0.266. The number of carbonyl (C=O) groups excluding carboxylic acids is 1. The zero-order valence-corrected chi connectivity index (χ0v) is 19.2. The summed E-state index contributed by atoms with van der Waals surface area (Å²) >= 11 is 1.43. The highest BCUT2D eigenvalue weighted by atomic mass is 32.2. The molecule has 0 saturated carbocycles. The number of benzene rings is 3. The molecule has 3 aromatic carbocycles. The van der Waals surface area contributed by atoms with Gasteiger partial charge in [0.25, 0.3) is 5.22 Å². The third kappa shape index (κ3) is 5.58. The summed E-state index contributed by atoms with van der Waals surface area (Å²) in [5.74, 6) is 0.548. The lowest BCUT2D eigenvalue weighted by molar-refractivity contribution is -0.134. The second-order valence-electron chi connectivity index (χ2n) is 7.86. The van der Waals surface area contributed by atoms with Crippen LogP contribution in [-0.4, -0.2) is 46.7 Å². The monoisotopic (exact) mass is 445 g/mol. The van der Waals surface area contributed by atoms with E-state index in [4.69, 9.17) is 4.42 Å². The second kappa shape index (κ2) is 10.5. The van der Waals surface area contributed by atoms with Gasteiger partial charge in [0.2, 0.25) is 5.91 Å². The van der Waals surface area contributed by atoms with Crippen LogP contribution in [0.15, 0.2) is 94.6 Å². The number of aromatic nitrogens is 1. The van der Waals surface area contributed by atoms with Gasteiger partial charge >= 0.3 is 0 Å². The molecule has 0 saturated heterocycles.